The van der Waals surface area contributed by atoms with Crippen molar-refractivity contribution in [3.63, 3.8) is 0 Å². The van der Waals surface area contributed by atoms with Gasteiger partial charge in [0, 0.05) is 23.7 Å². The van der Waals surface area contributed by atoms with Gasteiger partial charge in [-0.2, -0.15) is 0 Å². The Hall–Kier alpha value is -2.57. The van der Waals surface area contributed by atoms with Crippen LogP contribution in [0.5, 0.6) is 0 Å². The van der Waals surface area contributed by atoms with Gasteiger partial charge in [-0.1, -0.05) is 42.3 Å². The smallest absolute Gasteiger partial charge is 0.303 e. The lowest BCUT2D eigenvalue weighted by Gasteiger charge is -2.21. The van der Waals surface area contributed by atoms with Crippen LogP contribution < -0.4 is 4.90 Å². The number of carbonyl (C=O) groups is 1. The minimum Gasteiger partial charge on any atom is -0.309 e. The second-order valence-electron chi connectivity index (χ2n) is 5.57. The first-order valence-electron chi connectivity index (χ1n) is 7.75. The Morgan fingerprint density at radius 3 is 2.13 bits per heavy atom. The van der Waals surface area contributed by atoms with Crippen LogP contribution in [0.1, 0.15) is 12.0 Å². The fraction of sp³-hybridized carbons (Fsp3) is 0.250. The monoisotopic (exact) mass is 306 g/mol. The molecule has 0 aromatic heterocycles. The average molecular weight is 306 g/mol. The summed E-state index contributed by atoms with van der Waals surface area (Å²) in [6.45, 7) is 1.59. The third-order valence-electron chi connectivity index (χ3n) is 3.39. The third kappa shape index (κ3) is 5.61. The van der Waals surface area contributed by atoms with E-state index in [4.69, 9.17) is 0 Å². The molecule has 0 N–H and O–H groups in total. The summed E-state index contributed by atoms with van der Waals surface area (Å²) in [6.07, 6.45) is 0.903. The molecule has 0 heterocycles. The van der Waals surface area contributed by atoms with Crippen molar-refractivity contribution in [1.82, 2.24) is 4.90 Å². The Labute approximate surface area is 138 Å². The number of hydrogen-bond acceptors (Lipinski definition) is 2. The second kappa shape index (κ2) is 8.77. The first kappa shape index (κ1) is 16.8. The number of nitrogens with zero attached hydrogens (tertiary/aromatic N) is 2. The Kier molecular flexibility index (Phi) is 6.40. The fourth-order valence-corrected chi connectivity index (χ4v) is 2.22. The molecule has 3 heteroatoms. The van der Waals surface area contributed by atoms with E-state index in [1.54, 1.807) is 4.90 Å². The molecule has 0 bridgehead atoms. The van der Waals surface area contributed by atoms with Crippen molar-refractivity contribution in [3.05, 3.63) is 66.2 Å². The highest BCUT2D eigenvalue weighted by atomic mass is 16.2. The van der Waals surface area contributed by atoms with Crippen LogP contribution >= 0.6 is 0 Å². The number of benzene rings is 2. The molecule has 0 saturated heterocycles. The van der Waals surface area contributed by atoms with E-state index in [9.17, 15) is 4.79 Å². The molecule has 0 fully saturated rings. The van der Waals surface area contributed by atoms with Crippen molar-refractivity contribution in [3.8, 4) is 11.8 Å². The zero-order chi connectivity index (χ0) is 16.5. The molecular formula is C20H22N2O. The Balaban J connectivity index is 2.13. The number of carbonyl (C=O) groups excluding carboxylic acids is 1. The summed E-state index contributed by atoms with van der Waals surface area (Å²) in [6, 6.07) is 19.3. The molecular weight excluding hydrogens is 284 g/mol. The molecule has 2 rings (SSSR count). The predicted octanol–water partition coefficient (Wildman–Crippen LogP) is 3.02. The quantitative estimate of drug-likeness (QED) is 0.793. The summed E-state index contributed by atoms with van der Waals surface area (Å²) in [5.74, 6) is 5.53. The van der Waals surface area contributed by atoms with Crippen molar-refractivity contribution in [2.24, 2.45) is 0 Å². The lowest BCUT2D eigenvalue weighted by molar-refractivity contribution is -0.113. The SMILES string of the molecule is CN(C)CCCN(C(=O)C#Cc1ccccc1)c1ccccc1. The van der Waals surface area contributed by atoms with Crippen LogP contribution in [0.25, 0.3) is 0 Å². The van der Waals surface area contributed by atoms with Crippen molar-refractivity contribution < 1.29 is 4.79 Å². The van der Waals surface area contributed by atoms with Gasteiger partial charge in [0.15, 0.2) is 0 Å². The predicted molar refractivity (Wildman–Crippen MR) is 95.3 cm³/mol. The van der Waals surface area contributed by atoms with Crippen LogP contribution in [-0.4, -0.2) is 38.0 Å². The first-order valence-corrected chi connectivity index (χ1v) is 7.75. The van der Waals surface area contributed by atoms with Gasteiger partial charge in [-0.15, -0.1) is 0 Å². The lowest BCUT2D eigenvalue weighted by Crippen LogP contribution is -2.32. The van der Waals surface area contributed by atoms with Gasteiger partial charge in [0.1, 0.15) is 0 Å². The van der Waals surface area contributed by atoms with Crippen LogP contribution in [0.3, 0.4) is 0 Å². The highest BCUT2D eigenvalue weighted by molar-refractivity contribution is 6.06. The normalized spacial score (nSPS) is 10.0. The van der Waals surface area contributed by atoms with E-state index in [1.807, 2.05) is 74.8 Å². The van der Waals surface area contributed by atoms with E-state index in [2.05, 4.69) is 16.7 Å². The Morgan fingerprint density at radius 1 is 0.913 bits per heavy atom. The van der Waals surface area contributed by atoms with E-state index >= 15 is 0 Å². The number of rotatable bonds is 5. The highest BCUT2D eigenvalue weighted by Gasteiger charge is 2.13. The van der Waals surface area contributed by atoms with Gasteiger partial charge in [0.2, 0.25) is 0 Å². The topological polar surface area (TPSA) is 23.6 Å². The summed E-state index contributed by atoms with van der Waals surface area (Å²) >= 11 is 0. The molecule has 0 atom stereocenters. The lowest BCUT2D eigenvalue weighted by atomic mass is 10.2. The molecule has 0 saturated carbocycles. The van der Waals surface area contributed by atoms with E-state index in [0.29, 0.717) is 6.54 Å². The molecule has 0 radical (unpaired) electrons. The molecule has 118 valence electrons. The van der Waals surface area contributed by atoms with Gasteiger partial charge >= 0.3 is 5.91 Å². The van der Waals surface area contributed by atoms with Crippen molar-refractivity contribution >= 4 is 11.6 Å². The van der Waals surface area contributed by atoms with Crippen molar-refractivity contribution in [2.45, 2.75) is 6.42 Å². The zero-order valence-corrected chi connectivity index (χ0v) is 13.7. The third-order valence-corrected chi connectivity index (χ3v) is 3.39. The van der Waals surface area contributed by atoms with Crippen molar-refractivity contribution in [2.75, 3.05) is 32.1 Å². The molecule has 2 aromatic rings. The molecule has 1 amide bonds. The maximum Gasteiger partial charge on any atom is 0.303 e. The van der Waals surface area contributed by atoms with Crippen LogP contribution in [0, 0.1) is 11.8 Å². The molecule has 0 spiro atoms. The number of anilines is 1. The summed E-state index contributed by atoms with van der Waals surface area (Å²) in [5, 5.41) is 0. The van der Waals surface area contributed by atoms with E-state index in [-0.39, 0.29) is 5.91 Å². The standard InChI is InChI=1S/C20H22N2O/c1-21(2)16-9-17-22(19-12-7-4-8-13-19)20(23)15-14-18-10-5-3-6-11-18/h3-8,10-13H,9,16-17H2,1-2H3. The summed E-state index contributed by atoms with van der Waals surface area (Å²) in [4.78, 5) is 16.4. The molecule has 0 unspecified atom stereocenters. The van der Waals surface area contributed by atoms with Gasteiger partial charge in [0.25, 0.3) is 0 Å². The van der Waals surface area contributed by atoms with Crippen LogP contribution in [0.2, 0.25) is 0 Å². The molecule has 0 aliphatic heterocycles. The van der Waals surface area contributed by atoms with Crippen LogP contribution in [-0.2, 0) is 4.79 Å². The van der Waals surface area contributed by atoms with Gasteiger partial charge < -0.3 is 9.80 Å². The first-order chi connectivity index (χ1) is 11.2. The van der Waals surface area contributed by atoms with E-state index in [1.165, 1.54) is 0 Å². The van der Waals surface area contributed by atoms with Gasteiger partial charge in [-0.3, -0.25) is 4.79 Å². The van der Waals surface area contributed by atoms with E-state index in [0.717, 1.165) is 24.2 Å². The average Bonchev–Trinajstić information content (AvgIpc) is 2.58. The number of amides is 1. The van der Waals surface area contributed by atoms with Crippen molar-refractivity contribution in [1.29, 1.82) is 0 Å². The molecule has 0 aliphatic rings. The molecule has 3 nitrogen and oxygen atoms in total. The Bertz CT molecular complexity index is 669. The van der Waals surface area contributed by atoms with Gasteiger partial charge in [-0.25, -0.2) is 0 Å². The highest BCUT2D eigenvalue weighted by Crippen LogP contribution is 2.14. The maximum atomic E-state index is 12.5. The summed E-state index contributed by atoms with van der Waals surface area (Å²) in [5.41, 5.74) is 1.74. The summed E-state index contributed by atoms with van der Waals surface area (Å²) in [7, 11) is 4.06. The second-order valence-corrected chi connectivity index (χ2v) is 5.57. The van der Waals surface area contributed by atoms with Crippen LogP contribution in [0.15, 0.2) is 60.7 Å². The largest absolute Gasteiger partial charge is 0.309 e. The van der Waals surface area contributed by atoms with Crippen LogP contribution in [0.4, 0.5) is 5.69 Å². The minimum atomic E-state index is -0.168. The molecule has 0 aliphatic carbocycles. The maximum absolute atomic E-state index is 12.5. The minimum absolute atomic E-state index is 0.168. The number of hydrogen-bond donors (Lipinski definition) is 0. The van der Waals surface area contributed by atoms with E-state index < -0.39 is 0 Å². The fourth-order valence-electron chi connectivity index (χ4n) is 2.22. The Morgan fingerprint density at radius 2 is 1.52 bits per heavy atom. The van der Waals surface area contributed by atoms with Gasteiger partial charge in [0.05, 0.1) is 0 Å². The number of para-hydroxylation sites is 1. The zero-order valence-electron chi connectivity index (χ0n) is 13.7. The summed E-state index contributed by atoms with van der Waals surface area (Å²) < 4.78 is 0. The van der Waals surface area contributed by atoms with Gasteiger partial charge in [-0.05, 0) is 51.3 Å². The molecule has 2 aromatic carbocycles. The molecule has 23 heavy (non-hydrogen) atoms.